The molecule has 1 aliphatic rings. The molecule has 0 radical (unpaired) electrons. The molecule has 0 bridgehead atoms. The van der Waals surface area contributed by atoms with Crippen molar-refractivity contribution in [2.75, 3.05) is 38.8 Å². The van der Waals surface area contributed by atoms with E-state index < -0.39 is 0 Å². The first-order valence-corrected chi connectivity index (χ1v) is 9.70. The van der Waals surface area contributed by atoms with Crippen LogP contribution in [0.25, 0.3) is 10.3 Å². The van der Waals surface area contributed by atoms with Crippen LogP contribution in [0.15, 0.2) is 10.7 Å². The zero-order valence-electron chi connectivity index (χ0n) is 13.4. The number of fused-ring (bicyclic) bond motifs is 1. The molecule has 2 heterocycles. The van der Waals surface area contributed by atoms with E-state index in [0.717, 1.165) is 33.6 Å². The van der Waals surface area contributed by atoms with Gasteiger partial charge in [-0.25, -0.2) is 15.0 Å². The van der Waals surface area contributed by atoms with E-state index in [0.29, 0.717) is 5.41 Å². The van der Waals surface area contributed by atoms with Crippen LogP contribution in [0.2, 0.25) is 0 Å². The fraction of sp³-hybridized carbons (Fsp3) is 0.667. The maximum absolute atomic E-state index is 4.52. The first-order valence-electron chi connectivity index (χ1n) is 7.66. The van der Waals surface area contributed by atoms with Crippen LogP contribution in [-0.4, -0.2) is 53.3 Å². The Kier molecular flexibility index (Phi) is 4.84. The Balaban J connectivity index is 1.79. The van der Waals surface area contributed by atoms with Gasteiger partial charge in [0.25, 0.3) is 0 Å². The maximum atomic E-state index is 4.52. The standard InChI is InChI=1S/C15H23N5S2/c1-20(2)9-15(6-4-5-7-15)8-16-12-11-13(18-10-17-12)19-14(21-3)22-11/h10H,4-9H2,1-3H3,(H,16,17,18). The van der Waals surface area contributed by atoms with Gasteiger partial charge >= 0.3 is 0 Å². The van der Waals surface area contributed by atoms with Crippen LogP contribution < -0.4 is 5.32 Å². The van der Waals surface area contributed by atoms with Crippen LogP contribution in [0.3, 0.4) is 0 Å². The van der Waals surface area contributed by atoms with Crippen molar-refractivity contribution < 1.29 is 0 Å². The lowest BCUT2D eigenvalue weighted by atomic mass is 9.85. The number of rotatable bonds is 6. The summed E-state index contributed by atoms with van der Waals surface area (Å²) in [5.74, 6) is 0.938. The van der Waals surface area contributed by atoms with Crippen molar-refractivity contribution in [3.8, 4) is 0 Å². The minimum absolute atomic E-state index is 0.369. The van der Waals surface area contributed by atoms with Gasteiger partial charge in [-0.1, -0.05) is 24.6 Å². The lowest BCUT2D eigenvalue weighted by molar-refractivity contribution is 0.215. The second-order valence-electron chi connectivity index (χ2n) is 6.36. The van der Waals surface area contributed by atoms with Crippen LogP contribution in [0.5, 0.6) is 0 Å². The number of thiazole rings is 1. The van der Waals surface area contributed by atoms with Gasteiger partial charge in [-0.2, -0.15) is 0 Å². The average Bonchev–Trinajstić information content (AvgIpc) is 3.11. The fourth-order valence-electron chi connectivity index (χ4n) is 3.41. The highest BCUT2D eigenvalue weighted by molar-refractivity contribution is 8.00. The smallest absolute Gasteiger partial charge is 0.176 e. The van der Waals surface area contributed by atoms with E-state index in [-0.39, 0.29) is 0 Å². The van der Waals surface area contributed by atoms with Gasteiger partial charge in [0.15, 0.2) is 9.99 Å². The minimum Gasteiger partial charge on any atom is -0.368 e. The summed E-state index contributed by atoms with van der Waals surface area (Å²) in [6.07, 6.45) is 8.93. The molecule has 0 aliphatic heterocycles. The van der Waals surface area contributed by atoms with E-state index in [2.05, 4.69) is 39.3 Å². The Morgan fingerprint density at radius 1 is 1.32 bits per heavy atom. The molecule has 1 N–H and O–H groups in total. The maximum Gasteiger partial charge on any atom is 0.176 e. The summed E-state index contributed by atoms with van der Waals surface area (Å²) in [7, 11) is 4.33. The Bertz CT molecular complexity index is 634. The summed E-state index contributed by atoms with van der Waals surface area (Å²) in [5, 5.41) is 3.60. The predicted molar refractivity (Wildman–Crippen MR) is 94.9 cm³/mol. The van der Waals surface area contributed by atoms with Crippen LogP contribution in [0.1, 0.15) is 25.7 Å². The van der Waals surface area contributed by atoms with Crippen molar-refractivity contribution in [1.29, 1.82) is 0 Å². The van der Waals surface area contributed by atoms with E-state index in [4.69, 9.17) is 0 Å². The van der Waals surface area contributed by atoms with Crippen molar-refractivity contribution in [3.05, 3.63) is 6.33 Å². The van der Waals surface area contributed by atoms with Gasteiger partial charge in [0.1, 0.15) is 16.8 Å². The van der Waals surface area contributed by atoms with Crippen molar-refractivity contribution in [2.24, 2.45) is 5.41 Å². The third-order valence-corrected chi connectivity index (χ3v) is 6.33. The van der Waals surface area contributed by atoms with E-state index in [1.54, 1.807) is 29.4 Å². The number of aromatic nitrogens is 3. The van der Waals surface area contributed by atoms with Gasteiger partial charge in [-0.15, -0.1) is 11.3 Å². The van der Waals surface area contributed by atoms with Crippen LogP contribution in [0.4, 0.5) is 5.82 Å². The molecule has 22 heavy (non-hydrogen) atoms. The zero-order valence-corrected chi connectivity index (χ0v) is 15.1. The van der Waals surface area contributed by atoms with Gasteiger partial charge in [0.2, 0.25) is 0 Å². The molecule has 5 nitrogen and oxygen atoms in total. The lowest BCUT2D eigenvalue weighted by Crippen LogP contribution is -2.37. The molecule has 7 heteroatoms. The fourth-order valence-corrected chi connectivity index (χ4v) is 4.88. The summed E-state index contributed by atoms with van der Waals surface area (Å²) in [6.45, 7) is 2.11. The Labute approximate surface area is 139 Å². The molecule has 0 amide bonds. The van der Waals surface area contributed by atoms with Crippen molar-refractivity contribution >= 4 is 39.3 Å². The molecule has 0 unspecified atom stereocenters. The summed E-state index contributed by atoms with van der Waals surface area (Å²) in [6, 6.07) is 0. The molecule has 120 valence electrons. The SMILES string of the molecule is CSc1nc2ncnc(NCC3(CN(C)C)CCCC3)c2s1. The van der Waals surface area contributed by atoms with E-state index >= 15 is 0 Å². The number of hydrogen-bond acceptors (Lipinski definition) is 7. The molecule has 0 saturated heterocycles. The minimum atomic E-state index is 0.369. The number of thioether (sulfide) groups is 1. The van der Waals surface area contributed by atoms with Crippen LogP contribution in [0, 0.1) is 5.41 Å². The Morgan fingerprint density at radius 3 is 2.77 bits per heavy atom. The van der Waals surface area contributed by atoms with Crippen LogP contribution in [-0.2, 0) is 0 Å². The molecule has 2 aromatic heterocycles. The molecular weight excluding hydrogens is 314 g/mol. The molecule has 1 fully saturated rings. The van der Waals surface area contributed by atoms with Crippen LogP contribution >= 0.6 is 23.1 Å². The number of hydrogen-bond donors (Lipinski definition) is 1. The zero-order chi connectivity index (χ0) is 15.6. The van der Waals surface area contributed by atoms with Gasteiger partial charge < -0.3 is 10.2 Å². The van der Waals surface area contributed by atoms with Crippen molar-refractivity contribution in [2.45, 2.75) is 30.0 Å². The molecule has 0 atom stereocenters. The highest BCUT2D eigenvalue weighted by Gasteiger charge is 2.34. The summed E-state index contributed by atoms with van der Waals surface area (Å²) < 4.78 is 2.12. The average molecular weight is 338 g/mol. The second-order valence-corrected chi connectivity index (χ2v) is 8.41. The Morgan fingerprint density at radius 2 is 2.09 bits per heavy atom. The quantitative estimate of drug-likeness (QED) is 0.816. The number of nitrogens with zero attached hydrogens (tertiary/aromatic N) is 4. The third kappa shape index (κ3) is 3.36. The molecule has 0 aromatic carbocycles. The summed E-state index contributed by atoms with van der Waals surface area (Å²) in [4.78, 5) is 15.6. The predicted octanol–water partition coefficient (Wildman–Crippen LogP) is 3.34. The summed E-state index contributed by atoms with van der Waals surface area (Å²) >= 11 is 3.33. The number of nitrogens with one attached hydrogen (secondary N) is 1. The van der Waals surface area contributed by atoms with E-state index in [1.165, 1.54) is 25.7 Å². The van der Waals surface area contributed by atoms with Crippen molar-refractivity contribution in [1.82, 2.24) is 19.9 Å². The molecule has 2 aromatic rings. The first kappa shape index (κ1) is 16.0. The molecular formula is C15H23N5S2. The molecule has 1 aliphatic carbocycles. The largest absolute Gasteiger partial charge is 0.368 e. The van der Waals surface area contributed by atoms with E-state index in [9.17, 15) is 0 Å². The normalized spacial score (nSPS) is 17.5. The first-order chi connectivity index (χ1) is 10.6. The lowest BCUT2D eigenvalue weighted by Gasteiger charge is -2.32. The monoisotopic (exact) mass is 337 g/mol. The highest BCUT2D eigenvalue weighted by Crippen LogP contribution is 2.39. The Hall–Kier alpha value is -0.920. The van der Waals surface area contributed by atoms with E-state index in [1.807, 2.05) is 6.26 Å². The summed E-state index contributed by atoms with van der Waals surface area (Å²) in [5.41, 5.74) is 1.17. The molecule has 0 spiro atoms. The van der Waals surface area contributed by atoms with Crippen molar-refractivity contribution in [3.63, 3.8) is 0 Å². The van der Waals surface area contributed by atoms with Gasteiger partial charge in [0.05, 0.1) is 0 Å². The molecule has 3 rings (SSSR count). The van der Waals surface area contributed by atoms with Gasteiger partial charge in [-0.3, -0.25) is 0 Å². The number of anilines is 1. The van der Waals surface area contributed by atoms with Gasteiger partial charge in [0, 0.05) is 18.5 Å². The van der Waals surface area contributed by atoms with Gasteiger partial charge in [-0.05, 0) is 33.2 Å². The molecule has 1 saturated carbocycles. The second kappa shape index (κ2) is 6.68. The topological polar surface area (TPSA) is 53.9 Å². The highest BCUT2D eigenvalue weighted by atomic mass is 32.2. The third-order valence-electron chi connectivity index (χ3n) is 4.29.